The van der Waals surface area contributed by atoms with Crippen LogP contribution in [0, 0.1) is 0 Å². The third kappa shape index (κ3) is 5.32. The molecule has 2 aromatic heterocycles. The zero-order chi connectivity index (χ0) is 36.3. The second-order valence-electron chi connectivity index (χ2n) is 14.1. The van der Waals surface area contributed by atoms with Crippen LogP contribution in [0.2, 0.25) is 0 Å². The second kappa shape index (κ2) is 12.9. The van der Waals surface area contributed by atoms with Crippen molar-refractivity contribution in [3.8, 4) is 33.4 Å². The lowest BCUT2D eigenvalue weighted by atomic mass is 9.95. The Hall–Kier alpha value is -6.94. The number of rotatable bonds is 6. The third-order valence-corrected chi connectivity index (χ3v) is 12.1. The van der Waals surface area contributed by atoms with E-state index >= 15 is 0 Å². The predicted octanol–water partition coefficient (Wildman–Crippen LogP) is 15.6. The molecule has 0 unspecified atom stereocenters. The Morgan fingerprint density at radius 3 is 2.00 bits per heavy atom. The molecule has 2 nitrogen and oxygen atoms in total. The smallest absolute Gasteiger partial charge is 0.159 e. The normalized spacial score (nSPS) is 11.6. The van der Waals surface area contributed by atoms with Crippen LogP contribution in [0.3, 0.4) is 0 Å². The summed E-state index contributed by atoms with van der Waals surface area (Å²) in [6.07, 6.45) is 0. The summed E-state index contributed by atoms with van der Waals surface area (Å²) >= 11 is 1.87. The van der Waals surface area contributed by atoms with E-state index in [4.69, 9.17) is 4.42 Å². The lowest BCUT2D eigenvalue weighted by Crippen LogP contribution is -2.12. The first-order chi connectivity index (χ1) is 27.3. The van der Waals surface area contributed by atoms with Gasteiger partial charge >= 0.3 is 0 Å². The second-order valence-corrected chi connectivity index (χ2v) is 15.1. The number of hydrogen-bond acceptors (Lipinski definition) is 3. The molecule has 0 spiro atoms. The van der Waals surface area contributed by atoms with Crippen LogP contribution in [0.25, 0.3) is 86.3 Å². The molecule has 9 aromatic carbocycles. The van der Waals surface area contributed by atoms with Crippen molar-refractivity contribution in [1.82, 2.24) is 0 Å². The Labute approximate surface area is 322 Å². The van der Waals surface area contributed by atoms with Crippen LogP contribution in [0.4, 0.5) is 17.1 Å². The van der Waals surface area contributed by atoms with E-state index in [0.29, 0.717) is 0 Å². The molecule has 0 saturated heterocycles. The summed E-state index contributed by atoms with van der Waals surface area (Å²) in [6, 6.07) is 72.2. The first-order valence-corrected chi connectivity index (χ1v) is 19.5. The SMILES string of the molecule is c1ccc(-c2ccc(-c3ccc4ccccc4c3)cc2N(c2cccc(-c3cccc4c3sc3ccccc34)c2)c2cccc3c2oc2ccccc23)cc1. The molecule has 0 aliphatic carbocycles. The van der Waals surface area contributed by atoms with Crippen molar-refractivity contribution in [1.29, 1.82) is 0 Å². The molecular weight excluding hydrogens is 687 g/mol. The van der Waals surface area contributed by atoms with Crippen molar-refractivity contribution in [2.24, 2.45) is 0 Å². The van der Waals surface area contributed by atoms with E-state index in [2.05, 4.69) is 199 Å². The standard InChI is InChI=1S/C52H33NOS/c1-2-14-35(15-3-1)41-30-29-38(37-28-27-34-13-4-5-16-36(34)31-37)33-48(41)53(47-24-12-22-45-43-19-6-8-25-49(43)54-51(45)47)40-18-10-17-39(32-40)42-21-11-23-46-44-20-7-9-26-50(44)55-52(42)46/h1-33H. The van der Waals surface area contributed by atoms with Crippen molar-refractivity contribution in [3.05, 3.63) is 200 Å². The third-order valence-electron chi connectivity index (χ3n) is 10.9. The Kier molecular flexibility index (Phi) is 7.39. The Balaban J connectivity index is 1.19. The summed E-state index contributed by atoms with van der Waals surface area (Å²) in [7, 11) is 0. The molecule has 0 aliphatic heterocycles. The van der Waals surface area contributed by atoms with Crippen molar-refractivity contribution >= 4 is 81.3 Å². The van der Waals surface area contributed by atoms with E-state index in [9.17, 15) is 0 Å². The molecule has 0 saturated carbocycles. The minimum absolute atomic E-state index is 0.857. The van der Waals surface area contributed by atoms with Gasteiger partial charge in [-0.15, -0.1) is 11.3 Å². The Morgan fingerprint density at radius 2 is 1.07 bits per heavy atom. The maximum atomic E-state index is 6.78. The highest BCUT2D eigenvalue weighted by Gasteiger charge is 2.23. The molecule has 0 bridgehead atoms. The Bertz CT molecular complexity index is 3230. The van der Waals surface area contributed by atoms with Crippen molar-refractivity contribution in [3.63, 3.8) is 0 Å². The van der Waals surface area contributed by atoms with Gasteiger partial charge in [0.05, 0.1) is 11.4 Å². The zero-order valence-electron chi connectivity index (χ0n) is 29.8. The van der Waals surface area contributed by atoms with Crippen molar-refractivity contribution in [2.75, 3.05) is 4.90 Å². The van der Waals surface area contributed by atoms with Gasteiger partial charge in [-0.05, 0) is 81.1 Å². The van der Waals surface area contributed by atoms with Crippen LogP contribution in [-0.4, -0.2) is 0 Å². The lowest BCUT2D eigenvalue weighted by molar-refractivity contribution is 0.669. The molecular formula is C52H33NOS. The number of furan rings is 1. The molecule has 258 valence electrons. The van der Waals surface area contributed by atoms with E-state index in [1.165, 1.54) is 47.6 Å². The van der Waals surface area contributed by atoms with Crippen molar-refractivity contribution in [2.45, 2.75) is 0 Å². The first kappa shape index (κ1) is 31.6. The highest BCUT2D eigenvalue weighted by atomic mass is 32.1. The molecule has 0 N–H and O–H groups in total. The summed E-state index contributed by atoms with van der Waals surface area (Å²) in [4.78, 5) is 2.41. The van der Waals surface area contributed by atoms with Gasteiger partial charge in [-0.1, -0.05) is 158 Å². The van der Waals surface area contributed by atoms with Crippen LogP contribution >= 0.6 is 11.3 Å². The maximum Gasteiger partial charge on any atom is 0.159 e. The van der Waals surface area contributed by atoms with Crippen molar-refractivity contribution < 1.29 is 4.42 Å². The number of benzene rings is 9. The van der Waals surface area contributed by atoms with Gasteiger partial charge in [-0.3, -0.25) is 0 Å². The summed E-state index contributed by atoms with van der Waals surface area (Å²) in [5.74, 6) is 0. The van der Waals surface area contributed by atoms with Gasteiger partial charge in [0.15, 0.2) is 5.58 Å². The van der Waals surface area contributed by atoms with Crippen LogP contribution in [0.5, 0.6) is 0 Å². The number of fused-ring (bicyclic) bond motifs is 7. The minimum Gasteiger partial charge on any atom is -0.454 e. The monoisotopic (exact) mass is 719 g/mol. The lowest BCUT2D eigenvalue weighted by Gasteiger charge is -2.29. The van der Waals surface area contributed by atoms with Gasteiger partial charge in [0.2, 0.25) is 0 Å². The number of anilines is 3. The highest BCUT2D eigenvalue weighted by molar-refractivity contribution is 7.26. The van der Waals surface area contributed by atoms with E-state index in [1.807, 2.05) is 17.4 Å². The summed E-state index contributed by atoms with van der Waals surface area (Å²) in [5, 5.41) is 7.25. The molecule has 11 rings (SSSR count). The fraction of sp³-hybridized carbons (Fsp3) is 0. The topological polar surface area (TPSA) is 16.4 Å². The molecule has 0 aliphatic rings. The molecule has 2 heterocycles. The molecule has 11 aromatic rings. The molecule has 3 heteroatoms. The van der Waals surface area contributed by atoms with Crippen LogP contribution in [0.1, 0.15) is 0 Å². The Morgan fingerprint density at radius 1 is 0.382 bits per heavy atom. The maximum absolute atomic E-state index is 6.78. The van der Waals surface area contributed by atoms with Gasteiger partial charge < -0.3 is 9.32 Å². The van der Waals surface area contributed by atoms with Crippen LogP contribution in [0.15, 0.2) is 205 Å². The van der Waals surface area contributed by atoms with E-state index in [1.54, 1.807) is 0 Å². The molecule has 0 radical (unpaired) electrons. The van der Waals surface area contributed by atoms with Gasteiger partial charge in [0.1, 0.15) is 5.58 Å². The fourth-order valence-corrected chi connectivity index (χ4v) is 9.47. The van der Waals surface area contributed by atoms with Gasteiger partial charge in [0.25, 0.3) is 0 Å². The number of nitrogens with zero attached hydrogens (tertiary/aromatic N) is 1. The largest absolute Gasteiger partial charge is 0.454 e. The summed E-state index contributed by atoms with van der Waals surface area (Å²) in [5.41, 5.74) is 11.8. The average molecular weight is 720 g/mol. The zero-order valence-corrected chi connectivity index (χ0v) is 30.6. The molecule has 0 fully saturated rings. The quantitative estimate of drug-likeness (QED) is 0.170. The van der Waals surface area contributed by atoms with Gasteiger partial charge in [-0.2, -0.15) is 0 Å². The predicted molar refractivity (Wildman–Crippen MR) is 235 cm³/mol. The summed E-state index contributed by atoms with van der Waals surface area (Å²) in [6.45, 7) is 0. The van der Waals surface area contributed by atoms with E-state index in [-0.39, 0.29) is 0 Å². The fourth-order valence-electron chi connectivity index (χ4n) is 8.23. The van der Waals surface area contributed by atoms with Crippen LogP contribution in [-0.2, 0) is 0 Å². The minimum atomic E-state index is 0.857. The molecule has 55 heavy (non-hydrogen) atoms. The van der Waals surface area contributed by atoms with E-state index in [0.717, 1.165) is 55.7 Å². The number of thiophene rings is 1. The van der Waals surface area contributed by atoms with Crippen LogP contribution < -0.4 is 4.90 Å². The summed E-state index contributed by atoms with van der Waals surface area (Å²) < 4.78 is 9.39. The number of para-hydroxylation sites is 2. The molecule has 0 atom stereocenters. The van der Waals surface area contributed by atoms with E-state index < -0.39 is 0 Å². The average Bonchev–Trinajstić information content (AvgIpc) is 3.83. The molecule has 0 amide bonds. The highest BCUT2D eigenvalue weighted by Crippen LogP contribution is 2.48. The number of hydrogen-bond donors (Lipinski definition) is 0. The van der Waals surface area contributed by atoms with Gasteiger partial charge in [-0.25, -0.2) is 0 Å². The first-order valence-electron chi connectivity index (χ1n) is 18.7. The van der Waals surface area contributed by atoms with Gasteiger partial charge in [0, 0.05) is 42.2 Å².